The van der Waals surface area contributed by atoms with E-state index < -0.39 is 52.4 Å². The summed E-state index contributed by atoms with van der Waals surface area (Å²) < 4.78 is 0. The van der Waals surface area contributed by atoms with Crippen molar-refractivity contribution in [3.8, 4) is 0 Å². The van der Waals surface area contributed by atoms with E-state index in [1.54, 1.807) is 31.2 Å². The molecule has 0 saturated carbocycles. The Morgan fingerprint density at radius 3 is 2.22 bits per heavy atom. The second kappa shape index (κ2) is 25.4. The van der Waals surface area contributed by atoms with Crippen LogP contribution in [0.15, 0.2) is 77.2 Å². The predicted octanol–water partition coefficient (Wildman–Crippen LogP) is 5.92. The third-order valence-electron chi connectivity index (χ3n) is 12.7. The van der Waals surface area contributed by atoms with Gasteiger partial charge in [-0.05, 0) is 107 Å². The number of carbonyl (C=O) groups excluding carboxylic acids is 4. The number of nitrogen functional groups attached to an aromatic ring is 1. The lowest BCUT2D eigenvalue weighted by molar-refractivity contribution is -0.139. The Labute approximate surface area is 396 Å². The van der Waals surface area contributed by atoms with Gasteiger partial charge in [0.2, 0.25) is 11.9 Å². The highest BCUT2D eigenvalue weighted by molar-refractivity contribution is 6.00. The summed E-state index contributed by atoms with van der Waals surface area (Å²) in [6, 6.07) is 15.9. The number of carbonyl (C=O) groups is 6. The van der Waals surface area contributed by atoms with Gasteiger partial charge in [0.25, 0.3) is 11.5 Å². The fraction of sp³-hybridized carbons (Fsp3) is 0.480. The quantitative estimate of drug-likeness (QED) is 0.0232. The summed E-state index contributed by atoms with van der Waals surface area (Å²) in [7, 11) is 0. The number of nitrogens with one attached hydrogen (secondary N) is 5. The van der Waals surface area contributed by atoms with Gasteiger partial charge in [-0.3, -0.25) is 39.1 Å². The Hall–Kier alpha value is -6.82. The van der Waals surface area contributed by atoms with Gasteiger partial charge in [-0.2, -0.15) is 4.98 Å². The molecule has 0 spiro atoms. The fourth-order valence-corrected chi connectivity index (χ4v) is 8.19. The Kier molecular flexibility index (Phi) is 20.1. The second-order valence-electron chi connectivity index (χ2n) is 17.8. The van der Waals surface area contributed by atoms with E-state index in [2.05, 4.69) is 60.3 Å². The van der Waals surface area contributed by atoms with Crippen LogP contribution in [0.3, 0.4) is 0 Å². The van der Waals surface area contributed by atoms with Crippen LogP contribution in [-0.2, 0) is 36.9 Å². The van der Waals surface area contributed by atoms with E-state index >= 15 is 0 Å². The molecule has 18 heteroatoms. The van der Waals surface area contributed by atoms with Crippen molar-refractivity contribution in [2.75, 3.05) is 17.6 Å². The van der Waals surface area contributed by atoms with Crippen LogP contribution in [0.2, 0.25) is 0 Å². The number of amides is 2. The van der Waals surface area contributed by atoms with Gasteiger partial charge in [0.1, 0.15) is 0 Å². The number of rotatable bonds is 29. The maximum Gasteiger partial charge on any atom is 0.332 e. The van der Waals surface area contributed by atoms with Crippen LogP contribution < -0.4 is 32.6 Å². The molecule has 2 aromatic carbocycles. The number of fused-ring (bicyclic) bond motifs is 1. The van der Waals surface area contributed by atoms with E-state index in [4.69, 9.17) is 10.8 Å². The van der Waals surface area contributed by atoms with Crippen LogP contribution in [0.25, 0.3) is 11.2 Å². The van der Waals surface area contributed by atoms with Gasteiger partial charge >= 0.3 is 11.9 Å². The molecule has 4 rings (SSSR count). The lowest BCUT2D eigenvalue weighted by Gasteiger charge is -2.39. The molecule has 0 aliphatic heterocycles. The van der Waals surface area contributed by atoms with Crippen molar-refractivity contribution in [3.05, 3.63) is 99.6 Å². The van der Waals surface area contributed by atoms with Crippen molar-refractivity contribution in [3.63, 3.8) is 0 Å². The minimum absolute atomic E-state index is 0.00733. The first kappa shape index (κ1) is 53.8. The number of carboxylic acid groups (broad SMARTS) is 2. The Bertz CT molecular complexity index is 2470. The Balaban J connectivity index is 1.40. The van der Waals surface area contributed by atoms with Gasteiger partial charge in [-0.25, -0.2) is 14.8 Å². The predicted molar refractivity (Wildman–Crippen MR) is 260 cm³/mol. The van der Waals surface area contributed by atoms with Crippen molar-refractivity contribution in [2.24, 2.45) is 11.3 Å². The maximum atomic E-state index is 14.9. The summed E-state index contributed by atoms with van der Waals surface area (Å²) in [6.07, 6.45) is 6.35. The summed E-state index contributed by atoms with van der Waals surface area (Å²) >= 11 is 0. The summed E-state index contributed by atoms with van der Waals surface area (Å²) in [5, 5.41) is 30.7. The number of carboxylic acids is 2. The number of ketones is 2. The van der Waals surface area contributed by atoms with Gasteiger partial charge in [-0.15, -0.1) is 0 Å². The largest absolute Gasteiger partial charge is 0.481 e. The maximum absolute atomic E-state index is 14.9. The van der Waals surface area contributed by atoms with Crippen molar-refractivity contribution >= 4 is 58.1 Å². The smallest absolute Gasteiger partial charge is 0.332 e. The zero-order chi connectivity index (χ0) is 50.0. The van der Waals surface area contributed by atoms with E-state index in [9.17, 15) is 38.7 Å². The van der Waals surface area contributed by atoms with Gasteiger partial charge in [0.05, 0.1) is 42.0 Å². The number of aromatic nitrogens is 4. The number of hydrogen-bond donors (Lipinski definition) is 8. The molecule has 4 atom stereocenters. The number of Topliss-reactive ketones (excluding diaryl/α,β-unsaturated/α-hetero) is 2. The van der Waals surface area contributed by atoms with Crippen LogP contribution in [0.5, 0.6) is 0 Å². The van der Waals surface area contributed by atoms with Crippen LogP contribution in [0.1, 0.15) is 127 Å². The van der Waals surface area contributed by atoms with Crippen LogP contribution >= 0.6 is 0 Å². The van der Waals surface area contributed by atoms with E-state index in [0.717, 1.165) is 18.9 Å². The first-order chi connectivity index (χ1) is 32.3. The zero-order valence-electron chi connectivity index (χ0n) is 39.9. The molecule has 2 heterocycles. The highest BCUT2D eigenvalue weighted by Crippen LogP contribution is 2.37. The molecule has 0 aliphatic rings. The first-order valence-corrected chi connectivity index (χ1v) is 23.3. The summed E-state index contributed by atoms with van der Waals surface area (Å²) in [5.41, 5.74) is 5.78. The molecular formula is C50H67N9O9. The van der Waals surface area contributed by atoms with Crippen LogP contribution in [0, 0.1) is 11.3 Å². The zero-order valence-corrected chi connectivity index (χ0v) is 39.9. The molecule has 2 aromatic heterocycles. The monoisotopic (exact) mass is 938 g/mol. The van der Waals surface area contributed by atoms with Crippen molar-refractivity contribution < 1.29 is 39.0 Å². The third-order valence-corrected chi connectivity index (χ3v) is 12.7. The van der Waals surface area contributed by atoms with Gasteiger partial charge < -0.3 is 31.9 Å². The molecule has 18 nitrogen and oxygen atoms in total. The molecule has 2 amide bonds. The third kappa shape index (κ3) is 15.6. The normalized spacial score (nSPS) is 14.0. The van der Waals surface area contributed by atoms with Gasteiger partial charge in [-0.1, -0.05) is 58.0 Å². The number of aliphatic carboxylic acids is 2. The molecule has 4 aromatic rings. The minimum atomic E-state index is -1.51. The Morgan fingerprint density at radius 1 is 0.897 bits per heavy atom. The molecule has 0 fully saturated rings. The molecule has 0 aliphatic carbocycles. The molecule has 0 saturated heterocycles. The minimum Gasteiger partial charge on any atom is -0.481 e. The van der Waals surface area contributed by atoms with Crippen LogP contribution in [-0.4, -0.2) is 89.6 Å². The van der Waals surface area contributed by atoms with E-state index in [1.165, 1.54) is 11.8 Å². The van der Waals surface area contributed by atoms with E-state index in [-0.39, 0.29) is 66.6 Å². The highest BCUT2D eigenvalue weighted by atomic mass is 16.4. The summed E-state index contributed by atoms with van der Waals surface area (Å²) in [4.78, 5) is 105. The Morgan fingerprint density at radius 2 is 1.59 bits per heavy atom. The highest BCUT2D eigenvalue weighted by Gasteiger charge is 2.42. The first-order valence-electron chi connectivity index (χ1n) is 23.3. The molecule has 68 heavy (non-hydrogen) atoms. The molecule has 9 N–H and O–H groups in total. The average molecular weight is 938 g/mol. The SMILES string of the molecule is CCC(CC)(CCC(C)Cc1ccccc1)C(=O)C(CCCNC(=O)/C=C(\CC(=O)O)C(=O)O)NC(C)(CC)C(=O)CC[C@@H](C)NC(=O)c1ccc(NCc2cnc3nc(N)[nH]c(=O)c3n2)cc1. The number of hydrogen-bond acceptors (Lipinski definition) is 13. The summed E-state index contributed by atoms with van der Waals surface area (Å²) in [6.45, 7) is 12.0. The van der Waals surface area contributed by atoms with Crippen molar-refractivity contribution in [1.82, 2.24) is 35.9 Å². The lowest BCUT2D eigenvalue weighted by atomic mass is 9.70. The molecule has 3 unspecified atom stereocenters. The number of H-pyrrole nitrogens is 1. The topological polar surface area (TPSA) is 289 Å². The second-order valence-corrected chi connectivity index (χ2v) is 17.8. The lowest BCUT2D eigenvalue weighted by Crippen LogP contribution is -2.58. The van der Waals surface area contributed by atoms with E-state index in [1.807, 2.05) is 45.9 Å². The molecular weight excluding hydrogens is 871 g/mol. The van der Waals surface area contributed by atoms with Crippen LogP contribution in [0.4, 0.5) is 11.6 Å². The average Bonchev–Trinajstić information content (AvgIpc) is 3.31. The van der Waals surface area contributed by atoms with Crippen molar-refractivity contribution in [2.45, 2.75) is 136 Å². The number of nitrogens with two attached hydrogens (primary N) is 1. The number of anilines is 2. The van der Waals surface area contributed by atoms with Gasteiger partial charge in [0.15, 0.2) is 22.7 Å². The summed E-state index contributed by atoms with van der Waals surface area (Å²) in [5.74, 6) is -3.84. The number of nitrogens with zero attached hydrogens (tertiary/aromatic N) is 3. The van der Waals surface area contributed by atoms with Crippen molar-refractivity contribution in [1.29, 1.82) is 0 Å². The van der Waals surface area contributed by atoms with Gasteiger partial charge in [0, 0.05) is 41.7 Å². The standard InChI is InChI=1S/C50H67N9O9/c1-7-49(6,39(60)22-17-32(5)55-45(65)34-18-20-36(21-19-34)53-29-37-30-54-44-42(56-37)46(66)58-48(51)57-44)59-38(16-13-25-52-40(61)27-35(47(67)68)28-41(62)63)43(64)50(8-2,9-3)24-23-31(4)26-33-14-11-10-12-15-33/h10-12,14-15,18-21,27,30-32,38,53,59H,7-9,13,16-17,22-26,28-29H2,1-6H3,(H,52,61)(H,55,65)(H,62,63)(H,67,68)(H3,51,54,57,58,66)/b35-27+/t31?,32-,38?,49?/m1/s1. The molecule has 0 radical (unpaired) electrons. The number of benzene rings is 2. The molecule has 366 valence electrons. The fourth-order valence-electron chi connectivity index (χ4n) is 8.19. The number of aromatic amines is 1. The van der Waals surface area contributed by atoms with E-state index in [0.29, 0.717) is 61.4 Å². The molecule has 0 bridgehead atoms.